The topological polar surface area (TPSA) is 35.2 Å². The smallest absolute Gasteiger partial charge is 0.142 e. The number of para-hydroxylation sites is 1. The van der Waals surface area contributed by atoms with Gasteiger partial charge >= 0.3 is 0 Å². The summed E-state index contributed by atoms with van der Waals surface area (Å²) in [4.78, 5) is 0. The molecule has 0 aliphatic carbocycles. The maximum atomic E-state index is 11.7. The molecule has 0 radical (unpaired) electrons. The fourth-order valence-electron chi connectivity index (χ4n) is 0.928. The lowest BCUT2D eigenvalue weighted by Crippen LogP contribution is -2.02. The molecule has 3 heteroatoms. The van der Waals surface area contributed by atoms with Crippen LogP contribution in [0.15, 0.2) is 18.2 Å². The number of rotatable bonds is 3. The van der Waals surface area contributed by atoms with E-state index in [0.717, 1.165) is 5.56 Å². The summed E-state index contributed by atoms with van der Waals surface area (Å²) in [6, 6.07) is 5.45. The molecule has 0 heterocycles. The van der Waals surface area contributed by atoms with E-state index >= 15 is 0 Å². The predicted molar refractivity (Wildman–Crippen MR) is 47.1 cm³/mol. The molecule has 2 N–H and O–H groups in total. The molecule has 66 valence electrons. The van der Waals surface area contributed by atoms with Crippen molar-refractivity contribution in [2.75, 3.05) is 19.0 Å². The van der Waals surface area contributed by atoms with E-state index in [1.807, 2.05) is 19.1 Å². The fourth-order valence-corrected chi connectivity index (χ4v) is 0.928. The van der Waals surface area contributed by atoms with E-state index in [1.165, 1.54) is 0 Å². The average Bonchev–Trinajstić information content (AvgIpc) is 2.08. The van der Waals surface area contributed by atoms with Crippen LogP contribution < -0.4 is 10.5 Å². The van der Waals surface area contributed by atoms with Gasteiger partial charge in [0.25, 0.3) is 0 Å². The van der Waals surface area contributed by atoms with Gasteiger partial charge in [0.1, 0.15) is 19.0 Å². The average molecular weight is 169 g/mol. The van der Waals surface area contributed by atoms with Crippen molar-refractivity contribution >= 4 is 5.69 Å². The minimum atomic E-state index is -0.493. The molecular formula is C9H12FNO. The molecule has 0 saturated carbocycles. The van der Waals surface area contributed by atoms with Gasteiger partial charge in [0, 0.05) is 0 Å². The number of benzene rings is 1. The zero-order valence-electron chi connectivity index (χ0n) is 7.01. The first-order valence-corrected chi connectivity index (χ1v) is 3.79. The molecule has 0 aliphatic heterocycles. The molecule has 2 nitrogen and oxygen atoms in total. The van der Waals surface area contributed by atoms with Crippen LogP contribution >= 0.6 is 0 Å². The Labute approximate surface area is 71.1 Å². The van der Waals surface area contributed by atoms with Gasteiger partial charge in [-0.3, -0.25) is 0 Å². The summed E-state index contributed by atoms with van der Waals surface area (Å²) in [6.07, 6.45) is 0. The number of nitrogens with two attached hydrogens (primary N) is 1. The zero-order chi connectivity index (χ0) is 8.97. The standard InChI is InChI=1S/C9H12FNO/c1-7-3-2-4-8(9(7)11)12-6-5-10/h2-4H,5-6,11H2,1H3. The summed E-state index contributed by atoms with van der Waals surface area (Å²) < 4.78 is 16.8. The molecular weight excluding hydrogens is 157 g/mol. The lowest BCUT2D eigenvalue weighted by atomic mass is 10.2. The van der Waals surface area contributed by atoms with Gasteiger partial charge in [-0.2, -0.15) is 0 Å². The van der Waals surface area contributed by atoms with E-state index in [-0.39, 0.29) is 6.61 Å². The Morgan fingerprint density at radius 2 is 2.25 bits per heavy atom. The Kier molecular flexibility index (Phi) is 2.91. The highest BCUT2D eigenvalue weighted by molar-refractivity contribution is 5.57. The summed E-state index contributed by atoms with van der Waals surface area (Å²) in [5.41, 5.74) is 7.22. The fraction of sp³-hybridized carbons (Fsp3) is 0.333. The summed E-state index contributed by atoms with van der Waals surface area (Å²) >= 11 is 0. The Morgan fingerprint density at radius 1 is 1.50 bits per heavy atom. The number of halogens is 1. The summed E-state index contributed by atoms with van der Waals surface area (Å²) in [5, 5.41) is 0. The van der Waals surface area contributed by atoms with E-state index in [4.69, 9.17) is 10.5 Å². The molecule has 0 bridgehead atoms. The van der Waals surface area contributed by atoms with Crippen LogP contribution in [-0.4, -0.2) is 13.3 Å². The van der Waals surface area contributed by atoms with Gasteiger partial charge in [-0.25, -0.2) is 4.39 Å². The Hall–Kier alpha value is -1.25. The zero-order valence-corrected chi connectivity index (χ0v) is 7.01. The van der Waals surface area contributed by atoms with Crippen LogP contribution in [0.3, 0.4) is 0 Å². The van der Waals surface area contributed by atoms with Crippen molar-refractivity contribution in [1.82, 2.24) is 0 Å². The van der Waals surface area contributed by atoms with Crippen molar-refractivity contribution < 1.29 is 9.13 Å². The van der Waals surface area contributed by atoms with Crippen molar-refractivity contribution in [3.63, 3.8) is 0 Å². The third-order valence-corrected chi connectivity index (χ3v) is 1.62. The number of hydrogen-bond donors (Lipinski definition) is 1. The minimum absolute atomic E-state index is 0.0631. The van der Waals surface area contributed by atoms with Crippen LogP contribution in [-0.2, 0) is 0 Å². The van der Waals surface area contributed by atoms with E-state index in [1.54, 1.807) is 6.07 Å². The largest absolute Gasteiger partial charge is 0.489 e. The second-order valence-corrected chi connectivity index (χ2v) is 2.52. The lowest BCUT2D eigenvalue weighted by Gasteiger charge is -2.08. The van der Waals surface area contributed by atoms with Crippen molar-refractivity contribution in [3.05, 3.63) is 23.8 Å². The van der Waals surface area contributed by atoms with Crippen LogP contribution in [0, 0.1) is 6.92 Å². The lowest BCUT2D eigenvalue weighted by molar-refractivity contribution is 0.274. The van der Waals surface area contributed by atoms with Gasteiger partial charge in [-0.1, -0.05) is 12.1 Å². The summed E-state index contributed by atoms with van der Waals surface area (Å²) in [6.45, 7) is 1.46. The molecule has 1 aromatic rings. The van der Waals surface area contributed by atoms with Crippen LogP contribution in [0.4, 0.5) is 10.1 Å². The molecule has 0 spiro atoms. The monoisotopic (exact) mass is 169 g/mol. The quantitative estimate of drug-likeness (QED) is 0.701. The van der Waals surface area contributed by atoms with E-state index in [0.29, 0.717) is 11.4 Å². The second kappa shape index (κ2) is 3.95. The summed E-state index contributed by atoms with van der Waals surface area (Å²) in [7, 11) is 0. The molecule has 0 saturated heterocycles. The van der Waals surface area contributed by atoms with Crippen LogP contribution in [0.2, 0.25) is 0 Å². The molecule has 1 aromatic carbocycles. The predicted octanol–water partition coefficient (Wildman–Crippen LogP) is 1.93. The van der Waals surface area contributed by atoms with Crippen LogP contribution in [0.25, 0.3) is 0 Å². The van der Waals surface area contributed by atoms with Gasteiger partial charge in [0.15, 0.2) is 0 Å². The molecule has 0 fully saturated rings. The van der Waals surface area contributed by atoms with Crippen LogP contribution in [0.5, 0.6) is 5.75 Å². The van der Waals surface area contributed by atoms with E-state index in [2.05, 4.69) is 0 Å². The molecule has 0 aromatic heterocycles. The number of alkyl halides is 1. The van der Waals surface area contributed by atoms with Crippen molar-refractivity contribution in [3.8, 4) is 5.75 Å². The molecule has 12 heavy (non-hydrogen) atoms. The Balaban J connectivity index is 2.78. The molecule has 1 rings (SSSR count). The highest BCUT2D eigenvalue weighted by Crippen LogP contribution is 2.23. The Bertz CT molecular complexity index is 263. The Morgan fingerprint density at radius 3 is 2.92 bits per heavy atom. The maximum Gasteiger partial charge on any atom is 0.142 e. The van der Waals surface area contributed by atoms with Crippen molar-refractivity contribution in [2.24, 2.45) is 0 Å². The highest BCUT2D eigenvalue weighted by Gasteiger charge is 2.00. The van der Waals surface area contributed by atoms with Gasteiger partial charge in [0.2, 0.25) is 0 Å². The third kappa shape index (κ3) is 1.87. The second-order valence-electron chi connectivity index (χ2n) is 2.52. The number of hydrogen-bond acceptors (Lipinski definition) is 2. The van der Waals surface area contributed by atoms with Crippen molar-refractivity contribution in [1.29, 1.82) is 0 Å². The minimum Gasteiger partial charge on any atom is -0.489 e. The number of ether oxygens (including phenoxy) is 1. The first kappa shape index (κ1) is 8.84. The molecule has 0 aliphatic rings. The van der Waals surface area contributed by atoms with Gasteiger partial charge in [-0.05, 0) is 18.6 Å². The molecule has 0 atom stereocenters. The highest BCUT2D eigenvalue weighted by atomic mass is 19.1. The maximum absolute atomic E-state index is 11.7. The van der Waals surface area contributed by atoms with Crippen LogP contribution in [0.1, 0.15) is 5.56 Å². The SMILES string of the molecule is Cc1cccc(OCCF)c1N. The number of nitrogen functional groups attached to an aromatic ring is 1. The van der Waals surface area contributed by atoms with Gasteiger partial charge < -0.3 is 10.5 Å². The van der Waals surface area contributed by atoms with Gasteiger partial charge in [0.05, 0.1) is 5.69 Å². The van der Waals surface area contributed by atoms with E-state index in [9.17, 15) is 4.39 Å². The van der Waals surface area contributed by atoms with Gasteiger partial charge in [-0.15, -0.1) is 0 Å². The first-order valence-electron chi connectivity index (χ1n) is 3.79. The first-order chi connectivity index (χ1) is 5.75. The third-order valence-electron chi connectivity index (χ3n) is 1.62. The molecule has 0 unspecified atom stereocenters. The van der Waals surface area contributed by atoms with E-state index < -0.39 is 6.67 Å². The normalized spacial score (nSPS) is 9.83. The number of aryl methyl sites for hydroxylation is 1. The molecule has 0 amide bonds. The number of anilines is 1. The summed E-state index contributed by atoms with van der Waals surface area (Å²) in [5.74, 6) is 0.563. The van der Waals surface area contributed by atoms with Crippen molar-refractivity contribution in [2.45, 2.75) is 6.92 Å².